The molecule has 1 fully saturated rings. The first kappa shape index (κ1) is 13.8. The van der Waals surface area contributed by atoms with Gasteiger partial charge >= 0.3 is 0 Å². The molecule has 0 bridgehead atoms. The van der Waals surface area contributed by atoms with Crippen LogP contribution in [-0.2, 0) is 11.3 Å². The fraction of sp³-hybridized carbons (Fsp3) is 0.500. The Labute approximate surface area is 113 Å². The SMILES string of the molecule is COCc1ccccc1NC(N)=NCC1(O)CCC1. The van der Waals surface area contributed by atoms with E-state index in [2.05, 4.69) is 10.3 Å². The molecule has 1 aliphatic rings. The largest absolute Gasteiger partial charge is 0.388 e. The standard InChI is InChI=1S/C14H21N3O2/c1-19-9-11-5-2-3-6-12(11)17-13(15)16-10-14(18)7-4-8-14/h2-3,5-6,18H,4,7-10H2,1H3,(H3,15,16,17). The molecule has 0 heterocycles. The van der Waals surface area contributed by atoms with E-state index < -0.39 is 5.60 Å². The summed E-state index contributed by atoms with van der Waals surface area (Å²) in [5, 5.41) is 13.0. The molecule has 0 spiro atoms. The number of rotatable bonds is 5. The van der Waals surface area contributed by atoms with Crippen LogP contribution in [-0.4, -0.2) is 30.3 Å². The van der Waals surface area contributed by atoms with Crippen LogP contribution in [0, 0.1) is 0 Å². The Balaban J connectivity index is 1.97. The molecule has 1 aromatic rings. The van der Waals surface area contributed by atoms with Gasteiger partial charge in [-0.2, -0.15) is 0 Å². The quantitative estimate of drug-likeness (QED) is 0.555. The van der Waals surface area contributed by atoms with E-state index in [-0.39, 0.29) is 0 Å². The van der Waals surface area contributed by atoms with Crippen molar-refractivity contribution >= 4 is 11.6 Å². The number of hydrogen-bond acceptors (Lipinski definition) is 3. The summed E-state index contributed by atoms with van der Waals surface area (Å²) in [6.45, 7) is 0.874. The normalized spacial score (nSPS) is 17.9. The Hall–Kier alpha value is -1.59. The van der Waals surface area contributed by atoms with Crippen LogP contribution in [0.5, 0.6) is 0 Å². The van der Waals surface area contributed by atoms with Crippen LogP contribution in [0.3, 0.4) is 0 Å². The van der Waals surface area contributed by atoms with Gasteiger partial charge < -0.3 is 20.9 Å². The number of nitrogens with one attached hydrogen (secondary N) is 1. The summed E-state index contributed by atoms with van der Waals surface area (Å²) in [4.78, 5) is 4.21. The number of ether oxygens (including phenoxy) is 1. The van der Waals surface area contributed by atoms with Gasteiger partial charge in [-0.3, -0.25) is 4.99 Å². The van der Waals surface area contributed by atoms with E-state index >= 15 is 0 Å². The monoisotopic (exact) mass is 263 g/mol. The molecule has 5 nitrogen and oxygen atoms in total. The molecule has 1 aliphatic carbocycles. The zero-order chi connectivity index (χ0) is 13.7. The molecule has 0 atom stereocenters. The first-order valence-corrected chi connectivity index (χ1v) is 6.49. The van der Waals surface area contributed by atoms with E-state index in [4.69, 9.17) is 10.5 Å². The lowest BCUT2D eigenvalue weighted by molar-refractivity contribution is -0.0235. The molecule has 1 saturated carbocycles. The molecule has 0 saturated heterocycles. The van der Waals surface area contributed by atoms with E-state index in [1.54, 1.807) is 7.11 Å². The molecule has 0 amide bonds. The maximum absolute atomic E-state index is 9.95. The van der Waals surface area contributed by atoms with Gasteiger partial charge in [0.05, 0.1) is 18.8 Å². The van der Waals surface area contributed by atoms with E-state index in [9.17, 15) is 5.11 Å². The molecule has 5 heteroatoms. The smallest absolute Gasteiger partial charge is 0.193 e. The van der Waals surface area contributed by atoms with Crippen molar-refractivity contribution in [2.45, 2.75) is 31.5 Å². The summed E-state index contributed by atoms with van der Waals surface area (Å²) in [6, 6.07) is 7.77. The lowest BCUT2D eigenvalue weighted by atomic mass is 9.80. The molecule has 4 N–H and O–H groups in total. The Morgan fingerprint density at radius 2 is 2.21 bits per heavy atom. The van der Waals surface area contributed by atoms with Gasteiger partial charge in [0.15, 0.2) is 5.96 Å². The van der Waals surface area contributed by atoms with Crippen molar-refractivity contribution in [3.63, 3.8) is 0 Å². The molecule has 19 heavy (non-hydrogen) atoms. The van der Waals surface area contributed by atoms with Crippen LogP contribution in [0.1, 0.15) is 24.8 Å². The average molecular weight is 263 g/mol. The molecular weight excluding hydrogens is 242 g/mol. The minimum Gasteiger partial charge on any atom is -0.388 e. The summed E-state index contributed by atoms with van der Waals surface area (Å²) < 4.78 is 5.13. The Morgan fingerprint density at radius 1 is 1.47 bits per heavy atom. The third kappa shape index (κ3) is 3.68. The van der Waals surface area contributed by atoms with Crippen LogP contribution in [0.2, 0.25) is 0 Å². The van der Waals surface area contributed by atoms with Crippen molar-refractivity contribution in [1.29, 1.82) is 0 Å². The highest BCUT2D eigenvalue weighted by Gasteiger charge is 2.33. The predicted octanol–water partition coefficient (Wildman–Crippen LogP) is 1.47. The predicted molar refractivity (Wildman–Crippen MR) is 76.1 cm³/mol. The highest BCUT2D eigenvalue weighted by molar-refractivity contribution is 5.93. The summed E-state index contributed by atoms with van der Waals surface area (Å²) in [7, 11) is 1.65. The Bertz CT molecular complexity index is 456. The first-order chi connectivity index (χ1) is 9.13. The van der Waals surface area contributed by atoms with Gasteiger partial charge in [0.2, 0.25) is 0 Å². The summed E-state index contributed by atoms with van der Waals surface area (Å²) >= 11 is 0. The minimum absolute atomic E-state index is 0.323. The number of nitrogens with two attached hydrogens (primary N) is 1. The van der Waals surface area contributed by atoms with E-state index in [1.807, 2.05) is 24.3 Å². The number of guanidine groups is 1. The van der Waals surface area contributed by atoms with Crippen molar-refractivity contribution in [2.75, 3.05) is 19.0 Å². The van der Waals surface area contributed by atoms with Crippen molar-refractivity contribution in [3.05, 3.63) is 29.8 Å². The summed E-state index contributed by atoms with van der Waals surface area (Å²) in [5.74, 6) is 0.323. The van der Waals surface area contributed by atoms with Gasteiger partial charge in [-0.15, -0.1) is 0 Å². The second-order valence-corrected chi connectivity index (χ2v) is 4.99. The van der Waals surface area contributed by atoms with Crippen LogP contribution in [0.25, 0.3) is 0 Å². The zero-order valence-electron chi connectivity index (χ0n) is 11.2. The molecule has 0 unspecified atom stereocenters. The van der Waals surface area contributed by atoms with E-state index in [0.717, 1.165) is 30.5 Å². The lowest BCUT2D eigenvalue weighted by Gasteiger charge is -2.35. The van der Waals surface area contributed by atoms with Gasteiger partial charge in [0.25, 0.3) is 0 Å². The van der Waals surface area contributed by atoms with Crippen molar-refractivity contribution in [3.8, 4) is 0 Å². The Kier molecular flexibility index (Phi) is 4.39. The van der Waals surface area contributed by atoms with Crippen LogP contribution in [0.4, 0.5) is 5.69 Å². The molecule has 104 valence electrons. The number of anilines is 1. The zero-order valence-corrected chi connectivity index (χ0v) is 11.2. The fourth-order valence-electron chi connectivity index (χ4n) is 2.08. The van der Waals surface area contributed by atoms with Gasteiger partial charge in [-0.05, 0) is 25.3 Å². The van der Waals surface area contributed by atoms with Gasteiger partial charge in [-0.25, -0.2) is 0 Å². The summed E-state index contributed by atoms with van der Waals surface area (Å²) in [6.07, 6.45) is 2.68. The number of nitrogens with zero attached hydrogens (tertiary/aromatic N) is 1. The molecule has 0 radical (unpaired) electrons. The van der Waals surface area contributed by atoms with Gasteiger partial charge in [0, 0.05) is 18.4 Å². The molecular formula is C14H21N3O2. The number of para-hydroxylation sites is 1. The third-order valence-electron chi connectivity index (χ3n) is 3.41. The number of hydrogen-bond donors (Lipinski definition) is 3. The number of aliphatic imine (C=N–C) groups is 1. The van der Waals surface area contributed by atoms with Crippen molar-refractivity contribution in [1.82, 2.24) is 0 Å². The number of aliphatic hydroxyl groups is 1. The highest BCUT2D eigenvalue weighted by atomic mass is 16.5. The van der Waals surface area contributed by atoms with Crippen LogP contribution >= 0.6 is 0 Å². The minimum atomic E-state index is -0.641. The maximum atomic E-state index is 9.95. The molecule has 0 aromatic heterocycles. The van der Waals surface area contributed by atoms with E-state index in [1.165, 1.54) is 0 Å². The maximum Gasteiger partial charge on any atom is 0.193 e. The lowest BCUT2D eigenvalue weighted by Crippen LogP contribution is -2.41. The topological polar surface area (TPSA) is 79.9 Å². The van der Waals surface area contributed by atoms with Gasteiger partial charge in [0.1, 0.15) is 0 Å². The summed E-state index contributed by atoms with van der Waals surface area (Å²) in [5.41, 5.74) is 7.10. The molecule has 2 rings (SSSR count). The second kappa shape index (κ2) is 6.04. The first-order valence-electron chi connectivity index (χ1n) is 6.49. The number of methoxy groups -OCH3 is 1. The molecule has 0 aliphatic heterocycles. The van der Waals surface area contributed by atoms with Crippen LogP contribution < -0.4 is 11.1 Å². The number of benzene rings is 1. The fourth-order valence-corrected chi connectivity index (χ4v) is 2.08. The van der Waals surface area contributed by atoms with E-state index in [0.29, 0.717) is 19.1 Å². The average Bonchev–Trinajstić information content (AvgIpc) is 2.37. The van der Waals surface area contributed by atoms with Crippen LogP contribution in [0.15, 0.2) is 29.3 Å². The Morgan fingerprint density at radius 3 is 2.84 bits per heavy atom. The van der Waals surface area contributed by atoms with Gasteiger partial charge in [-0.1, -0.05) is 18.2 Å². The van der Waals surface area contributed by atoms with Crippen molar-refractivity contribution in [2.24, 2.45) is 10.7 Å². The third-order valence-corrected chi connectivity index (χ3v) is 3.41. The molecule has 1 aromatic carbocycles. The second-order valence-electron chi connectivity index (χ2n) is 4.99. The van der Waals surface area contributed by atoms with Crippen molar-refractivity contribution < 1.29 is 9.84 Å². The highest BCUT2D eigenvalue weighted by Crippen LogP contribution is 2.31.